The third kappa shape index (κ3) is 3.90. The average Bonchev–Trinajstić information content (AvgIpc) is 3.29. The van der Waals surface area contributed by atoms with Crippen molar-refractivity contribution in [3.63, 3.8) is 0 Å². The molecule has 1 N–H and O–H groups in total. The standard InChI is InChI=1S/C17H17NO3/c19-17(18-14-9-5-2-6-10-14)16-15(21-16)12-20-11-13-7-3-1-4-8-13/h1-10,15-16H,11-12H2,(H,18,19)/t15-,16-/m0/s1. The van der Waals surface area contributed by atoms with Crippen molar-refractivity contribution in [2.24, 2.45) is 0 Å². The largest absolute Gasteiger partial charge is 0.374 e. The maximum atomic E-state index is 11.9. The molecule has 21 heavy (non-hydrogen) atoms. The molecule has 0 saturated carbocycles. The van der Waals surface area contributed by atoms with E-state index in [1.54, 1.807) is 0 Å². The number of para-hydroxylation sites is 1. The lowest BCUT2D eigenvalue weighted by molar-refractivity contribution is -0.117. The van der Waals surface area contributed by atoms with Crippen LogP contribution in [0.2, 0.25) is 0 Å². The molecule has 1 aliphatic rings. The van der Waals surface area contributed by atoms with Crippen molar-refractivity contribution in [1.82, 2.24) is 0 Å². The molecule has 0 spiro atoms. The monoisotopic (exact) mass is 283 g/mol. The lowest BCUT2D eigenvalue weighted by Crippen LogP contribution is -2.21. The average molecular weight is 283 g/mol. The van der Waals surface area contributed by atoms with Gasteiger partial charge >= 0.3 is 0 Å². The van der Waals surface area contributed by atoms with E-state index in [4.69, 9.17) is 9.47 Å². The number of epoxide rings is 1. The molecule has 0 unspecified atom stereocenters. The third-order valence-corrected chi connectivity index (χ3v) is 3.28. The number of hydrogen-bond acceptors (Lipinski definition) is 3. The highest BCUT2D eigenvalue weighted by molar-refractivity contribution is 5.96. The first-order chi connectivity index (χ1) is 10.3. The molecular weight excluding hydrogens is 266 g/mol. The lowest BCUT2D eigenvalue weighted by Gasteiger charge is -2.03. The van der Waals surface area contributed by atoms with E-state index < -0.39 is 6.10 Å². The summed E-state index contributed by atoms with van der Waals surface area (Å²) in [6.45, 7) is 0.968. The number of ether oxygens (including phenoxy) is 2. The van der Waals surface area contributed by atoms with Crippen molar-refractivity contribution in [3.05, 3.63) is 66.2 Å². The number of amides is 1. The molecule has 1 saturated heterocycles. The van der Waals surface area contributed by atoms with Crippen LogP contribution in [0, 0.1) is 0 Å². The fourth-order valence-electron chi connectivity index (χ4n) is 2.10. The summed E-state index contributed by atoms with van der Waals surface area (Å²) >= 11 is 0. The molecule has 2 aromatic carbocycles. The molecule has 108 valence electrons. The molecule has 1 aliphatic heterocycles. The molecule has 0 aliphatic carbocycles. The summed E-state index contributed by atoms with van der Waals surface area (Å²) in [4.78, 5) is 11.9. The SMILES string of the molecule is O=C(Nc1ccccc1)[C@H]1O[C@H]1COCc1ccccc1. The van der Waals surface area contributed by atoms with Crippen LogP contribution >= 0.6 is 0 Å². The van der Waals surface area contributed by atoms with Gasteiger partial charge in [-0.2, -0.15) is 0 Å². The summed E-state index contributed by atoms with van der Waals surface area (Å²) < 4.78 is 10.9. The van der Waals surface area contributed by atoms with E-state index in [2.05, 4.69) is 5.32 Å². The van der Waals surface area contributed by atoms with Gasteiger partial charge in [-0.15, -0.1) is 0 Å². The number of hydrogen-bond donors (Lipinski definition) is 1. The fourth-order valence-corrected chi connectivity index (χ4v) is 2.10. The highest BCUT2D eigenvalue weighted by Gasteiger charge is 2.45. The Bertz CT molecular complexity index is 585. The number of anilines is 1. The van der Waals surface area contributed by atoms with Gasteiger partial charge in [-0.05, 0) is 17.7 Å². The predicted octanol–water partition coefficient (Wildman–Crippen LogP) is 2.61. The van der Waals surface area contributed by atoms with Crippen molar-refractivity contribution < 1.29 is 14.3 Å². The topological polar surface area (TPSA) is 50.9 Å². The molecule has 4 heteroatoms. The van der Waals surface area contributed by atoms with Gasteiger partial charge in [0.2, 0.25) is 0 Å². The van der Waals surface area contributed by atoms with Gasteiger partial charge in [0.15, 0.2) is 6.10 Å². The Hall–Kier alpha value is -2.17. The molecular formula is C17H17NO3. The number of benzene rings is 2. The van der Waals surface area contributed by atoms with Gasteiger partial charge in [-0.3, -0.25) is 4.79 Å². The van der Waals surface area contributed by atoms with Gasteiger partial charge in [0.25, 0.3) is 5.91 Å². The van der Waals surface area contributed by atoms with Crippen LogP contribution in [0.15, 0.2) is 60.7 Å². The van der Waals surface area contributed by atoms with Crippen LogP contribution in [0.3, 0.4) is 0 Å². The van der Waals surface area contributed by atoms with Gasteiger partial charge in [-0.1, -0.05) is 48.5 Å². The van der Waals surface area contributed by atoms with Crippen molar-refractivity contribution in [2.45, 2.75) is 18.8 Å². The molecule has 2 atom stereocenters. The quantitative estimate of drug-likeness (QED) is 0.829. The smallest absolute Gasteiger partial charge is 0.256 e. The van der Waals surface area contributed by atoms with Crippen molar-refractivity contribution in [2.75, 3.05) is 11.9 Å². The van der Waals surface area contributed by atoms with Gasteiger partial charge in [-0.25, -0.2) is 0 Å². The van der Waals surface area contributed by atoms with Crippen LogP contribution in [0.5, 0.6) is 0 Å². The minimum atomic E-state index is -0.402. The number of nitrogens with one attached hydrogen (secondary N) is 1. The molecule has 3 rings (SSSR count). The second-order valence-corrected chi connectivity index (χ2v) is 4.95. The second kappa shape index (κ2) is 6.52. The second-order valence-electron chi connectivity index (χ2n) is 4.95. The van der Waals surface area contributed by atoms with E-state index in [1.807, 2.05) is 60.7 Å². The predicted molar refractivity (Wildman–Crippen MR) is 79.8 cm³/mol. The van der Waals surface area contributed by atoms with Crippen molar-refractivity contribution >= 4 is 11.6 Å². The first kappa shape index (κ1) is 13.8. The number of carbonyl (C=O) groups is 1. The highest BCUT2D eigenvalue weighted by Crippen LogP contribution is 2.24. The molecule has 1 heterocycles. The molecule has 0 bridgehead atoms. The van der Waals surface area contributed by atoms with Gasteiger partial charge in [0.05, 0.1) is 13.2 Å². The minimum absolute atomic E-state index is 0.116. The first-order valence-electron chi connectivity index (χ1n) is 6.96. The van der Waals surface area contributed by atoms with E-state index in [0.717, 1.165) is 11.3 Å². The van der Waals surface area contributed by atoms with E-state index in [9.17, 15) is 4.79 Å². The van der Waals surface area contributed by atoms with Crippen molar-refractivity contribution in [3.8, 4) is 0 Å². The number of rotatable bonds is 6. The Morgan fingerprint density at radius 1 is 1.05 bits per heavy atom. The van der Waals surface area contributed by atoms with E-state index in [-0.39, 0.29) is 12.0 Å². The van der Waals surface area contributed by atoms with Gasteiger partial charge in [0, 0.05) is 5.69 Å². The molecule has 1 fully saturated rings. The maximum absolute atomic E-state index is 11.9. The van der Waals surface area contributed by atoms with Crippen molar-refractivity contribution in [1.29, 1.82) is 0 Å². The van der Waals surface area contributed by atoms with E-state index in [0.29, 0.717) is 13.2 Å². The lowest BCUT2D eigenvalue weighted by atomic mass is 10.2. The minimum Gasteiger partial charge on any atom is -0.374 e. The Kier molecular flexibility index (Phi) is 4.28. The molecule has 4 nitrogen and oxygen atoms in total. The summed E-state index contributed by atoms with van der Waals surface area (Å²) in [6.07, 6.45) is -0.543. The summed E-state index contributed by atoms with van der Waals surface area (Å²) in [5.74, 6) is -0.116. The zero-order valence-electron chi connectivity index (χ0n) is 11.6. The summed E-state index contributed by atoms with van der Waals surface area (Å²) in [6, 6.07) is 19.3. The van der Waals surface area contributed by atoms with Crippen LogP contribution < -0.4 is 5.32 Å². The third-order valence-electron chi connectivity index (χ3n) is 3.28. The van der Waals surface area contributed by atoms with E-state index in [1.165, 1.54) is 0 Å². The molecule has 2 aromatic rings. The van der Waals surface area contributed by atoms with Crippen LogP contribution in [-0.2, 0) is 20.9 Å². The molecule has 0 aromatic heterocycles. The van der Waals surface area contributed by atoms with Crippen LogP contribution in [0.25, 0.3) is 0 Å². The maximum Gasteiger partial charge on any atom is 0.256 e. The first-order valence-corrected chi connectivity index (χ1v) is 6.96. The number of carbonyl (C=O) groups excluding carboxylic acids is 1. The van der Waals surface area contributed by atoms with Gasteiger partial charge < -0.3 is 14.8 Å². The molecule has 1 amide bonds. The van der Waals surface area contributed by atoms with Crippen LogP contribution in [0.4, 0.5) is 5.69 Å². The Labute approximate surface area is 123 Å². The highest BCUT2D eigenvalue weighted by atomic mass is 16.6. The Morgan fingerprint density at radius 3 is 2.43 bits per heavy atom. The van der Waals surface area contributed by atoms with Crippen LogP contribution in [0.1, 0.15) is 5.56 Å². The summed E-state index contributed by atoms with van der Waals surface area (Å²) in [5, 5.41) is 2.82. The zero-order chi connectivity index (χ0) is 14.5. The normalized spacial score (nSPS) is 20.0. The van der Waals surface area contributed by atoms with E-state index >= 15 is 0 Å². The fraction of sp³-hybridized carbons (Fsp3) is 0.235. The van der Waals surface area contributed by atoms with Crippen LogP contribution in [-0.4, -0.2) is 24.7 Å². The summed E-state index contributed by atoms with van der Waals surface area (Å²) in [7, 11) is 0. The summed E-state index contributed by atoms with van der Waals surface area (Å²) in [5.41, 5.74) is 1.89. The molecule has 0 radical (unpaired) electrons. The Balaban J connectivity index is 1.39. The zero-order valence-corrected chi connectivity index (χ0v) is 11.6. The Morgan fingerprint density at radius 2 is 1.71 bits per heavy atom. The van der Waals surface area contributed by atoms with Gasteiger partial charge in [0.1, 0.15) is 6.10 Å².